The molecule has 0 fully saturated rings. The van der Waals surface area contributed by atoms with Gasteiger partial charge < -0.3 is 20.3 Å². The minimum Gasteiger partial charge on any atom is -0.394 e. The molecule has 0 radical (unpaired) electrons. The number of rotatable bonds is 9. The zero-order chi connectivity index (χ0) is 13.2. The standard InChI is InChI=1S/C13H20FNO3/c14-12-5-2-1-4-11(12)13(17)10-15-6-3-8-18-9-7-16/h1-2,4-5,13,15-17H,3,6-10H2. The van der Waals surface area contributed by atoms with Crippen molar-refractivity contribution < 1.29 is 19.3 Å². The van der Waals surface area contributed by atoms with Crippen LogP contribution in [0, 0.1) is 5.82 Å². The fourth-order valence-corrected chi connectivity index (χ4v) is 1.56. The molecule has 0 aliphatic heterocycles. The Hall–Kier alpha value is -1.01. The van der Waals surface area contributed by atoms with Crippen LogP contribution in [0.1, 0.15) is 18.1 Å². The first kappa shape index (κ1) is 15.0. The van der Waals surface area contributed by atoms with Gasteiger partial charge >= 0.3 is 0 Å². The molecule has 0 aromatic heterocycles. The van der Waals surface area contributed by atoms with Crippen LogP contribution in [0.25, 0.3) is 0 Å². The molecule has 3 N–H and O–H groups in total. The van der Waals surface area contributed by atoms with E-state index in [1.165, 1.54) is 6.07 Å². The Bertz CT molecular complexity index is 336. The van der Waals surface area contributed by atoms with Crippen LogP contribution in [0.4, 0.5) is 4.39 Å². The number of nitrogens with one attached hydrogen (secondary N) is 1. The van der Waals surface area contributed by atoms with Gasteiger partial charge in [0.25, 0.3) is 0 Å². The molecule has 0 aliphatic carbocycles. The Balaban J connectivity index is 2.14. The van der Waals surface area contributed by atoms with Gasteiger partial charge in [0.15, 0.2) is 0 Å². The van der Waals surface area contributed by atoms with Crippen molar-refractivity contribution in [2.75, 3.05) is 32.9 Å². The molecule has 0 bridgehead atoms. The van der Waals surface area contributed by atoms with Crippen molar-refractivity contribution in [3.63, 3.8) is 0 Å². The zero-order valence-electron chi connectivity index (χ0n) is 10.3. The van der Waals surface area contributed by atoms with Crippen LogP contribution in [-0.4, -0.2) is 43.1 Å². The summed E-state index contributed by atoms with van der Waals surface area (Å²) in [6.45, 7) is 1.92. The Morgan fingerprint density at radius 2 is 2.06 bits per heavy atom. The molecule has 1 rings (SSSR count). The summed E-state index contributed by atoms with van der Waals surface area (Å²) in [5, 5.41) is 21.3. The summed E-state index contributed by atoms with van der Waals surface area (Å²) in [7, 11) is 0. The highest BCUT2D eigenvalue weighted by molar-refractivity contribution is 5.19. The Morgan fingerprint density at radius 1 is 1.28 bits per heavy atom. The highest BCUT2D eigenvalue weighted by atomic mass is 19.1. The first-order chi connectivity index (χ1) is 8.75. The predicted octanol–water partition coefficient (Wildman–Crippen LogP) is 0.848. The molecule has 4 nitrogen and oxygen atoms in total. The highest BCUT2D eigenvalue weighted by Crippen LogP contribution is 2.15. The van der Waals surface area contributed by atoms with Crippen molar-refractivity contribution >= 4 is 0 Å². The molecule has 0 saturated carbocycles. The van der Waals surface area contributed by atoms with Crippen LogP contribution >= 0.6 is 0 Å². The van der Waals surface area contributed by atoms with E-state index < -0.39 is 11.9 Å². The molecule has 0 aliphatic rings. The average molecular weight is 257 g/mol. The van der Waals surface area contributed by atoms with Gasteiger partial charge in [0, 0.05) is 18.7 Å². The number of aliphatic hydroxyl groups is 2. The topological polar surface area (TPSA) is 61.7 Å². The molecule has 5 heteroatoms. The number of hydrogen-bond acceptors (Lipinski definition) is 4. The number of halogens is 1. The van der Waals surface area contributed by atoms with Gasteiger partial charge in [-0.05, 0) is 19.0 Å². The Kier molecular flexibility index (Phi) is 7.52. The molecule has 0 heterocycles. The largest absolute Gasteiger partial charge is 0.394 e. The molecule has 0 spiro atoms. The smallest absolute Gasteiger partial charge is 0.129 e. The third-order valence-electron chi connectivity index (χ3n) is 2.48. The van der Waals surface area contributed by atoms with Gasteiger partial charge in [-0.25, -0.2) is 4.39 Å². The van der Waals surface area contributed by atoms with Gasteiger partial charge in [0.2, 0.25) is 0 Å². The van der Waals surface area contributed by atoms with Crippen LogP contribution in [0.5, 0.6) is 0 Å². The minimum absolute atomic E-state index is 0.0272. The predicted molar refractivity (Wildman–Crippen MR) is 66.8 cm³/mol. The number of benzene rings is 1. The fourth-order valence-electron chi connectivity index (χ4n) is 1.56. The van der Waals surface area contributed by atoms with Gasteiger partial charge in [-0.3, -0.25) is 0 Å². The van der Waals surface area contributed by atoms with Crippen LogP contribution in [0.2, 0.25) is 0 Å². The second-order valence-electron chi connectivity index (χ2n) is 3.93. The van der Waals surface area contributed by atoms with E-state index in [1.54, 1.807) is 18.2 Å². The normalized spacial score (nSPS) is 12.6. The van der Waals surface area contributed by atoms with Gasteiger partial charge in [-0.2, -0.15) is 0 Å². The number of hydrogen-bond donors (Lipinski definition) is 3. The Labute approximate surface area is 106 Å². The van der Waals surface area contributed by atoms with Crippen molar-refractivity contribution in [3.8, 4) is 0 Å². The van der Waals surface area contributed by atoms with Crippen LogP contribution < -0.4 is 5.32 Å². The van der Waals surface area contributed by atoms with E-state index >= 15 is 0 Å². The monoisotopic (exact) mass is 257 g/mol. The van der Waals surface area contributed by atoms with E-state index in [0.717, 1.165) is 6.42 Å². The fraction of sp³-hybridized carbons (Fsp3) is 0.538. The van der Waals surface area contributed by atoms with Crippen molar-refractivity contribution in [2.24, 2.45) is 0 Å². The molecule has 102 valence electrons. The Morgan fingerprint density at radius 3 is 2.78 bits per heavy atom. The summed E-state index contributed by atoms with van der Waals surface area (Å²) in [6, 6.07) is 6.20. The van der Waals surface area contributed by atoms with Crippen molar-refractivity contribution in [3.05, 3.63) is 35.6 Å². The molecule has 18 heavy (non-hydrogen) atoms. The second kappa shape index (κ2) is 8.99. The van der Waals surface area contributed by atoms with E-state index in [1.807, 2.05) is 0 Å². The lowest BCUT2D eigenvalue weighted by atomic mass is 10.1. The summed E-state index contributed by atoms with van der Waals surface area (Å²) in [4.78, 5) is 0. The summed E-state index contributed by atoms with van der Waals surface area (Å²) >= 11 is 0. The van der Waals surface area contributed by atoms with E-state index in [0.29, 0.717) is 31.9 Å². The van der Waals surface area contributed by atoms with Gasteiger partial charge in [-0.1, -0.05) is 18.2 Å². The summed E-state index contributed by atoms with van der Waals surface area (Å²) in [6.07, 6.45) is -0.0613. The molecule has 1 atom stereocenters. The van der Waals surface area contributed by atoms with Crippen LogP contribution in [0.15, 0.2) is 24.3 Å². The molecule has 1 unspecified atom stereocenters. The first-order valence-electron chi connectivity index (χ1n) is 6.07. The summed E-state index contributed by atoms with van der Waals surface area (Å²) in [5.74, 6) is -0.391. The lowest BCUT2D eigenvalue weighted by Crippen LogP contribution is -2.24. The van der Waals surface area contributed by atoms with Crippen molar-refractivity contribution in [2.45, 2.75) is 12.5 Å². The lowest BCUT2D eigenvalue weighted by Gasteiger charge is -2.12. The van der Waals surface area contributed by atoms with Crippen LogP contribution in [0.3, 0.4) is 0 Å². The zero-order valence-corrected chi connectivity index (χ0v) is 10.3. The second-order valence-corrected chi connectivity index (χ2v) is 3.93. The molecular formula is C13H20FNO3. The van der Waals surface area contributed by atoms with Crippen molar-refractivity contribution in [1.29, 1.82) is 0 Å². The third-order valence-corrected chi connectivity index (χ3v) is 2.48. The first-order valence-corrected chi connectivity index (χ1v) is 6.07. The van der Waals surface area contributed by atoms with Crippen LogP contribution in [-0.2, 0) is 4.74 Å². The quantitative estimate of drug-likeness (QED) is 0.574. The van der Waals surface area contributed by atoms with Gasteiger partial charge in [0.05, 0.1) is 19.3 Å². The number of aliphatic hydroxyl groups excluding tert-OH is 2. The minimum atomic E-state index is -0.843. The summed E-state index contributed by atoms with van der Waals surface area (Å²) < 4.78 is 18.4. The lowest BCUT2D eigenvalue weighted by molar-refractivity contribution is 0.0899. The van der Waals surface area contributed by atoms with E-state index in [-0.39, 0.29) is 6.61 Å². The maximum atomic E-state index is 13.3. The highest BCUT2D eigenvalue weighted by Gasteiger charge is 2.10. The van der Waals surface area contributed by atoms with E-state index in [9.17, 15) is 9.50 Å². The number of ether oxygens (including phenoxy) is 1. The van der Waals surface area contributed by atoms with E-state index in [2.05, 4.69) is 5.32 Å². The molecule has 0 amide bonds. The van der Waals surface area contributed by atoms with E-state index in [4.69, 9.17) is 9.84 Å². The molecule has 1 aromatic rings. The third kappa shape index (κ3) is 5.55. The molecule has 1 aromatic carbocycles. The van der Waals surface area contributed by atoms with Gasteiger partial charge in [-0.15, -0.1) is 0 Å². The van der Waals surface area contributed by atoms with Crippen molar-refractivity contribution in [1.82, 2.24) is 5.32 Å². The maximum Gasteiger partial charge on any atom is 0.129 e. The van der Waals surface area contributed by atoms with Gasteiger partial charge in [0.1, 0.15) is 5.82 Å². The summed E-state index contributed by atoms with van der Waals surface area (Å²) in [5.41, 5.74) is 0.307. The average Bonchev–Trinajstić information content (AvgIpc) is 2.38. The molecular weight excluding hydrogens is 237 g/mol. The SMILES string of the molecule is OCCOCCCNCC(O)c1ccccc1F. The maximum absolute atomic E-state index is 13.3. The molecule has 0 saturated heterocycles.